The Kier molecular flexibility index (Phi) is 5.70. The maximum absolute atomic E-state index is 14.9. The minimum atomic E-state index is -3.28. The normalized spacial score (nSPS) is 17.3. The molecule has 0 bridgehead atoms. The SMILES string of the molecule is O=C(c1c(-c2ncccn2)ccc(F)c1F)N1CCC(F)(F)[C@H]1CCc1nc2cc(F)ccc2o1. The van der Waals surface area contributed by atoms with Crippen LogP contribution in [0.2, 0.25) is 0 Å². The number of fused-ring (bicyclic) bond motifs is 1. The van der Waals surface area contributed by atoms with Gasteiger partial charge in [-0.1, -0.05) is 0 Å². The number of rotatable bonds is 5. The molecule has 11 heteroatoms. The Hall–Kier alpha value is -3.89. The van der Waals surface area contributed by atoms with Crippen LogP contribution in [-0.4, -0.2) is 44.3 Å². The molecule has 1 fully saturated rings. The second-order valence-corrected chi connectivity index (χ2v) is 8.14. The monoisotopic (exact) mass is 488 g/mol. The molecule has 1 atom stereocenters. The molecular formula is C24H17F5N4O2. The number of carbonyl (C=O) groups is 1. The van der Waals surface area contributed by atoms with Crippen LogP contribution < -0.4 is 0 Å². The fourth-order valence-electron chi connectivity index (χ4n) is 4.27. The average Bonchev–Trinajstić information content (AvgIpc) is 3.38. The quantitative estimate of drug-likeness (QED) is 0.362. The molecule has 2 aromatic heterocycles. The zero-order valence-electron chi connectivity index (χ0n) is 18.0. The Balaban J connectivity index is 1.46. The molecule has 1 amide bonds. The minimum Gasteiger partial charge on any atom is -0.441 e. The van der Waals surface area contributed by atoms with Crippen LogP contribution in [0.15, 0.2) is 53.2 Å². The number of alkyl halides is 2. The fourth-order valence-corrected chi connectivity index (χ4v) is 4.27. The molecule has 0 unspecified atom stereocenters. The highest BCUT2D eigenvalue weighted by Crippen LogP contribution is 2.39. The predicted octanol–water partition coefficient (Wildman–Crippen LogP) is 5.18. The Morgan fingerprint density at radius 2 is 1.89 bits per heavy atom. The smallest absolute Gasteiger partial charge is 0.269 e. The molecule has 180 valence electrons. The zero-order valence-corrected chi connectivity index (χ0v) is 18.0. The van der Waals surface area contributed by atoms with E-state index in [9.17, 15) is 26.7 Å². The number of benzene rings is 2. The Morgan fingerprint density at radius 1 is 1.11 bits per heavy atom. The molecule has 0 radical (unpaired) electrons. The van der Waals surface area contributed by atoms with Gasteiger partial charge >= 0.3 is 0 Å². The third-order valence-electron chi connectivity index (χ3n) is 5.95. The van der Waals surface area contributed by atoms with E-state index in [0.29, 0.717) is 5.58 Å². The van der Waals surface area contributed by atoms with E-state index in [4.69, 9.17) is 4.42 Å². The van der Waals surface area contributed by atoms with Crippen LogP contribution in [-0.2, 0) is 6.42 Å². The van der Waals surface area contributed by atoms with Crippen molar-refractivity contribution >= 4 is 17.0 Å². The lowest BCUT2D eigenvalue weighted by Gasteiger charge is -2.28. The van der Waals surface area contributed by atoms with Gasteiger partial charge in [-0.2, -0.15) is 0 Å². The van der Waals surface area contributed by atoms with E-state index in [-0.39, 0.29) is 42.2 Å². The van der Waals surface area contributed by atoms with Crippen molar-refractivity contribution in [2.45, 2.75) is 31.2 Å². The summed E-state index contributed by atoms with van der Waals surface area (Å²) in [4.78, 5) is 26.2. The third-order valence-corrected chi connectivity index (χ3v) is 5.95. The maximum atomic E-state index is 14.9. The standard InChI is InChI=1S/C24H17F5N4O2/c25-13-2-5-17-16(12-13)32-19(35-17)7-6-18-24(28,29)8-11-33(18)23(34)20-14(3-4-15(26)21(20)27)22-30-9-1-10-31-22/h1-5,9-10,12,18H,6-8,11H2/t18-/m1/s1. The first-order chi connectivity index (χ1) is 16.7. The van der Waals surface area contributed by atoms with Crippen molar-refractivity contribution in [2.24, 2.45) is 0 Å². The lowest BCUT2D eigenvalue weighted by atomic mass is 10.0. The van der Waals surface area contributed by atoms with E-state index < -0.39 is 47.3 Å². The van der Waals surface area contributed by atoms with Gasteiger partial charge in [0.2, 0.25) is 0 Å². The molecule has 1 aliphatic heterocycles. The van der Waals surface area contributed by atoms with Crippen molar-refractivity contribution in [3.05, 3.63) is 77.7 Å². The summed E-state index contributed by atoms with van der Waals surface area (Å²) in [5.41, 5.74) is -0.289. The molecule has 6 nitrogen and oxygen atoms in total. The van der Waals surface area contributed by atoms with Gasteiger partial charge in [0.1, 0.15) is 11.3 Å². The summed E-state index contributed by atoms with van der Waals surface area (Å²) >= 11 is 0. The zero-order chi connectivity index (χ0) is 24.7. The van der Waals surface area contributed by atoms with E-state index in [2.05, 4.69) is 15.0 Å². The highest BCUT2D eigenvalue weighted by Gasteiger charge is 2.51. The van der Waals surface area contributed by atoms with Crippen LogP contribution in [0, 0.1) is 17.5 Å². The Labute approximate surface area is 195 Å². The molecule has 0 aliphatic carbocycles. The van der Waals surface area contributed by atoms with Crippen molar-refractivity contribution < 1.29 is 31.2 Å². The van der Waals surface area contributed by atoms with E-state index >= 15 is 0 Å². The Bertz CT molecular complexity index is 1410. The minimum absolute atomic E-state index is 0.0454. The molecule has 2 aromatic carbocycles. The molecular weight excluding hydrogens is 471 g/mol. The van der Waals surface area contributed by atoms with Crippen LogP contribution in [0.5, 0.6) is 0 Å². The lowest BCUT2D eigenvalue weighted by molar-refractivity contribution is -0.0324. The molecule has 5 rings (SSSR count). The molecule has 0 saturated carbocycles. The van der Waals surface area contributed by atoms with E-state index in [1.165, 1.54) is 30.6 Å². The third kappa shape index (κ3) is 4.22. The van der Waals surface area contributed by atoms with Gasteiger partial charge in [-0.3, -0.25) is 4.79 Å². The molecule has 0 N–H and O–H groups in total. The number of aromatic nitrogens is 3. The van der Waals surface area contributed by atoms with Gasteiger partial charge in [0, 0.05) is 43.4 Å². The van der Waals surface area contributed by atoms with E-state index in [0.717, 1.165) is 23.1 Å². The predicted molar refractivity (Wildman–Crippen MR) is 114 cm³/mol. The molecule has 3 heterocycles. The van der Waals surface area contributed by atoms with Crippen molar-refractivity contribution in [3.63, 3.8) is 0 Å². The highest BCUT2D eigenvalue weighted by molar-refractivity contribution is 6.00. The highest BCUT2D eigenvalue weighted by atomic mass is 19.3. The summed E-state index contributed by atoms with van der Waals surface area (Å²) < 4.78 is 77.5. The van der Waals surface area contributed by atoms with Crippen molar-refractivity contribution in [3.8, 4) is 11.4 Å². The summed E-state index contributed by atoms with van der Waals surface area (Å²) in [7, 11) is 0. The number of oxazole rings is 1. The van der Waals surface area contributed by atoms with Crippen LogP contribution in [0.3, 0.4) is 0 Å². The first-order valence-electron chi connectivity index (χ1n) is 10.7. The van der Waals surface area contributed by atoms with Gasteiger partial charge in [0.25, 0.3) is 11.8 Å². The fraction of sp³-hybridized carbons (Fsp3) is 0.250. The van der Waals surface area contributed by atoms with Gasteiger partial charge in [-0.25, -0.2) is 36.9 Å². The largest absolute Gasteiger partial charge is 0.441 e. The van der Waals surface area contributed by atoms with Crippen LogP contribution >= 0.6 is 0 Å². The molecule has 35 heavy (non-hydrogen) atoms. The van der Waals surface area contributed by atoms with Gasteiger partial charge in [-0.05, 0) is 36.8 Å². The van der Waals surface area contributed by atoms with Gasteiger partial charge in [-0.15, -0.1) is 0 Å². The number of aryl methyl sites for hydroxylation is 1. The molecule has 1 saturated heterocycles. The summed E-state index contributed by atoms with van der Waals surface area (Å²) in [5, 5.41) is 0. The molecule has 1 aliphatic rings. The van der Waals surface area contributed by atoms with Crippen LogP contribution in [0.25, 0.3) is 22.5 Å². The Morgan fingerprint density at radius 3 is 2.66 bits per heavy atom. The van der Waals surface area contributed by atoms with Crippen molar-refractivity contribution in [1.29, 1.82) is 0 Å². The number of halogens is 5. The number of likely N-dealkylation sites (tertiary alicyclic amines) is 1. The van der Waals surface area contributed by atoms with Gasteiger partial charge in [0.05, 0.1) is 11.6 Å². The number of hydrogen-bond donors (Lipinski definition) is 0. The summed E-state index contributed by atoms with van der Waals surface area (Å²) in [6.07, 6.45) is 1.73. The van der Waals surface area contributed by atoms with Crippen molar-refractivity contribution in [1.82, 2.24) is 19.9 Å². The maximum Gasteiger partial charge on any atom is 0.269 e. The summed E-state index contributed by atoms with van der Waals surface area (Å²) in [6.45, 7) is -0.361. The average molecular weight is 488 g/mol. The van der Waals surface area contributed by atoms with Crippen LogP contribution in [0.1, 0.15) is 29.1 Å². The molecule has 0 spiro atoms. The first kappa shape index (κ1) is 22.9. The van der Waals surface area contributed by atoms with Crippen LogP contribution in [0.4, 0.5) is 22.0 Å². The topological polar surface area (TPSA) is 72.1 Å². The van der Waals surface area contributed by atoms with Gasteiger partial charge in [0.15, 0.2) is 28.9 Å². The number of carbonyl (C=O) groups excluding carboxylic acids is 1. The second-order valence-electron chi connectivity index (χ2n) is 8.14. The van der Waals surface area contributed by atoms with E-state index in [1.54, 1.807) is 0 Å². The summed E-state index contributed by atoms with van der Waals surface area (Å²) in [6, 6.07) is 5.57. The number of nitrogens with zero attached hydrogens (tertiary/aromatic N) is 4. The number of amides is 1. The van der Waals surface area contributed by atoms with Crippen molar-refractivity contribution in [2.75, 3.05) is 6.54 Å². The lowest BCUT2D eigenvalue weighted by Crippen LogP contribution is -2.43. The second kappa shape index (κ2) is 8.71. The summed E-state index contributed by atoms with van der Waals surface area (Å²) in [5.74, 6) is -7.60. The van der Waals surface area contributed by atoms with E-state index in [1.807, 2.05) is 0 Å². The van der Waals surface area contributed by atoms with Gasteiger partial charge < -0.3 is 9.32 Å². The number of hydrogen-bond acceptors (Lipinski definition) is 5. The molecule has 4 aromatic rings. The first-order valence-corrected chi connectivity index (χ1v) is 10.7.